The van der Waals surface area contributed by atoms with E-state index in [9.17, 15) is 4.79 Å². The van der Waals surface area contributed by atoms with Crippen molar-refractivity contribution < 1.29 is 9.90 Å². The zero-order valence-electron chi connectivity index (χ0n) is 10.9. The van der Waals surface area contributed by atoms with Gasteiger partial charge in [0.15, 0.2) is 0 Å². The van der Waals surface area contributed by atoms with E-state index in [1.807, 2.05) is 20.8 Å². The van der Waals surface area contributed by atoms with Gasteiger partial charge < -0.3 is 10.8 Å². The van der Waals surface area contributed by atoms with Crippen LogP contribution in [0.2, 0.25) is 0 Å². The van der Waals surface area contributed by atoms with Gasteiger partial charge in [0, 0.05) is 0 Å². The van der Waals surface area contributed by atoms with E-state index < -0.39 is 12.0 Å². The zero-order valence-corrected chi connectivity index (χ0v) is 10.9. The first kappa shape index (κ1) is 13.7. The number of aryl methyl sites for hydroxylation is 2. The topological polar surface area (TPSA) is 63.3 Å². The maximum atomic E-state index is 10.8. The first-order chi connectivity index (χ1) is 7.74. The van der Waals surface area contributed by atoms with Crippen molar-refractivity contribution in [3.8, 4) is 0 Å². The summed E-state index contributed by atoms with van der Waals surface area (Å²) in [6.45, 7) is 8.17. The molecule has 0 amide bonds. The molecule has 0 aliphatic heterocycles. The van der Waals surface area contributed by atoms with Crippen LogP contribution in [-0.2, 0) is 10.2 Å². The van der Waals surface area contributed by atoms with Crippen molar-refractivity contribution in [2.45, 2.75) is 45.6 Å². The predicted octanol–water partition coefficient (Wildman–Crippen LogP) is 2.38. The molecule has 1 aromatic carbocycles. The average Bonchev–Trinajstić information content (AvgIpc) is 2.15. The van der Waals surface area contributed by atoms with Crippen LogP contribution in [0, 0.1) is 13.8 Å². The molecule has 17 heavy (non-hydrogen) atoms. The molecule has 0 spiro atoms. The first-order valence-electron chi connectivity index (χ1n) is 5.80. The summed E-state index contributed by atoms with van der Waals surface area (Å²) in [5.41, 5.74) is 8.96. The largest absolute Gasteiger partial charge is 0.480 e. The van der Waals surface area contributed by atoms with Crippen LogP contribution < -0.4 is 5.73 Å². The van der Waals surface area contributed by atoms with Crippen molar-refractivity contribution >= 4 is 5.97 Å². The lowest BCUT2D eigenvalue weighted by Gasteiger charge is -2.29. The second kappa shape index (κ2) is 4.88. The second-order valence-corrected chi connectivity index (χ2v) is 5.35. The molecule has 1 unspecified atom stereocenters. The van der Waals surface area contributed by atoms with Crippen LogP contribution in [-0.4, -0.2) is 17.1 Å². The molecule has 0 fully saturated rings. The predicted molar refractivity (Wildman–Crippen MR) is 69.2 cm³/mol. The molecule has 0 aromatic heterocycles. The summed E-state index contributed by atoms with van der Waals surface area (Å²) in [5.74, 6) is -0.942. The van der Waals surface area contributed by atoms with E-state index in [-0.39, 0.29) is 5.41 Å². The molecule has 3 N–H and O–H groups in total. The molecule has 94 valence electrons. The lowest BCUT2D eigenvalue weighted by molar-refractivity contribution is -0.139. The summed E-state index contributed by atoms with van der Waals surface area (Å²) in [6.07, 6.45) is 0.437. The summed E-state index contributed by atoms with van der Waals surface area (Å²) in [4.78, 5) is 10.8. The number of benzene rings is 1. The normalized spacial score (nSPS) is 13.5. The third-order valence-corrected chi connectivity index (χ3v) is 3.16. The monoisotopic (exact) mass is 235 g/mol. The summed E-state index contributed by atoms with van der Waals surface area (Å²) in [5, 5.41) is 8.88. The molecular formula is C14H21NO2. The van der Waals surface area contributed by atoms with Crippen LogP contribution in [0.25, 0.3) is 0 Å². The highest BCUT2D eigenvalue weighted by Gasteiger charge is 2.28. The number of aliphatic carboxylic acids is 1. The molecule has 1 rings (SSSR count). The Kier molecular flexibility index (Phi) is 3.94. The molecule has 0 bridgehead atoms. The van der Waals surface area contributed by atoms with E-state index in [2.05, 4.69) is 25.1 Å². The zero-order chi connectivity index (χ0) is 13.2. The lowest BCUT2D eigenvalue weighted by Crippen LogP contribution is -2.37. The van der Waals surface area contributed by atoms with Crippen molar-refractivity contribution in [3.63, 3.8) is 0 Å². The molecule has 0 heterocycles. The highest BCUT2D eigenvalue weighted by Crippen LogP contribution is 2.31. The molecule has 0 saturated heterocycles. The molecule has 1 atom stereocenters. The van der Waals surface area contributed by atoms with Gasteiger partial charge in [0.1, 0.15) is 6.04 Å². The van der Waals surface area contributed by atoms with Crippen molar-refractivity contribution in [1.29, 1.82) is 0 Å². The molecule has 0 aliphatic rings. The molecular weight excluding hydrogens is 214 g/mol. The van der Waals surface area contributed by atoms with Crippen LogP contribution in [0.1, 0.15) is 37.0 Å². The number of carbonyl (C=O) groups is 1. The third-order valence-electron chi connectivity index (χ3n) is 3.16. The van der Waals surface area contributed by atoms with Crippen molar-refractivity contribution in [3.05, 3.63) is 34.9 Å². The van der Waals surface area contributed by atoms with Crippen LogP contribution in [0.15, 0.2) is 18.2 Å². The van der Waals surface area contributed by atoms with E-state index in [0.717, 1.165) is 0 Å². The number of nitrogens with two attached hydrogens (primary N) is 1. The van der Waals surface area contributed by atoms with E-state index in [0.29, 0.717) is 6.42 Å². The Morgan fingerprint density at radius 3 is 2.47 bits per heavy atom. The summed E-state index contributed by atoms with van der Waals surface area (Å²) in [7, 11) is 0. The van der Waals surface area contributed by atoms with Gasteiger partial charge in [-0.15, -0.1) is 0 Å². The van der Waals surface area contributed by atoms with Gasteiger partial charge in [0.2, 0.25) is 0 Å². The molecule has 0 saturated carbocycles. The molecule has 0 aliphatic carbocycles. The van der Waals surface area contributed by atoms with Gasteiger partial charge in [-0.3, -0.25) is 4.79 Å². The molecule has 3 nitrogen and oxygen atoms in total. The number of hydrogen-bond donors (Lipinski definition) is 2. The minimum Gasteiger partial charge on any atom is -0.480 e. The highest BCUT2D eigenvalue weighted by atomic mass is 16.4. The van der Waals surface area contributed by atoms with Crippen LogP contribution in [0.5, 0.6) is 0 Å². The lowest BCUT2D eigenvalue weighted by atomic mass is 9.77. The molecule has 0 radical (unpaired) electrons. The molecule has 1 aromatic rings. The molecule has 3 heteroatoms. The Balaban J connectivity index is 3.00. The van der Waals surface area contributed by atoms with Crippen molar-refractivity contribution in [2.75, 3.05) is 0 Å². The van der Waals surface area contributed by atoms with Crippen LogP contribution >= 0.6 is 0 Å². The fourth-order valence-electron chi connectivity index (χ4n) is 2.32. The van der Waals surface area contributed by atoms with Gasteiger partial charge >= 0.3 is 5.97 Å². The number of hydrogen-bond acceptors (Lipinski definition) is 2. The summed E-state index contributed by atoms with van der Waals surface area (Å²) in [6, 6.07) is 5.42. The Hall–Kier alpha value is -1.35. The Morgan fingerprint density at radius 2 is 2.00 bits per heavy atom. The standard InChI is InChI=1S/C14H21NO2/c1-9-5-6-11(10(2)7-9)14(3,4)8-12(15)13(16)17/h5-7,12H,8,15H2,1-4H3,(H,16,17). The fourth-order valence-corrected chi connectivity index (χ4v) is 2.32. The number of carboxylic acid groups (broad SMARTS) is 1. The van der Waals surface area contributed by atoms with Gasteiger partial charge in [-0.25, -0.2) is 0 Å². The van der Waals surface area contributed by atoms with Gasteiger partial charge in [0.25, 0.3) is 0 Å². The van der Waals surface area contributed by atoms with Gasteiger partial charge in [-0.2, -0.15) is 0 Å². The Labute approximate surface area is 103 Å². The SMILES string of the molecule is Cc1ccc(C(C)(C)CC(N)C(=O)O)c(C)c1. The highest BCUT2D eigenvalue weighted by molar-refractivity contribution is 5.73. The van der Waals surface area contributed by atoms with Crippen LogP contribution in [0.4, 0.5) is 0 Å². The fraction of sp³-hybridized carbons (Fsp3) is 0.500. The maximum absolute atomic E-state index is 10.8. The summed E-state index contributed by atoms with van der Waals surface area (Å²) < 4.78 is 0. The van der Waals surface area contributed by atoms with E-state index in [1.165, 1.54) is 16.7 Å². The number of carboxylic acids is 1. The van der Waals surface area contributed by atoms with Crippen LogP contribution in [0.3, 0.4) is 0 Å². The van der Waals surface area contributed by atoms with Crippen molar-refractivity contribution in [1.82, 2.24) is 0 Å². The van der Waals surface area contributed by atoms with E-state index >= 15 is 0 Å². The Morgan fingerprint density at radius 1 is 1.41 bits per heavy atom. The number of rotatable bonds is 4. The van der Waals surface area contributed by atoms with Gasteiger partial charge in [-0.05, 0) is 36.8 Å². The minimum atomic E-state index is -0.942. The van der Waals surface area contributed by atoms with Gasteiger partial charge in [0.05, 0.1) is 0 Å². The smallest absolute Gasteiger partial charge is 0.320 e. The van der Waals surface area contributed by atoms with Crippen molar-refractivity contribution in [2.24, 2.45) is 5.73 Å². The first-order valence-corrected chi connectivity index (χ1v) is 5.80. The Bertz CT molecular complexity index is 424. The maximum Gasteiger partial charge on any atom is 0.320 e. The third kappa shape index (κ3) is 3.30. The second-order valence-electron chi connectivity index (χ2n) is 5.35. The minimum absolute atomic E-state index is 0.227. The summed E-state index contributed by atoms with van der Waals surface area (Å²) >= 11 is 0. The van der Waals surface area contributed by atoms with Gasteiger partial charge in [-0.1, -0.05) is 37.6 Å². The van der Waals surface area contributed by atoms with E-state index in [4.69, 9.17) is 10.8 Å². The van der Waals surface area contributed by atoms with E-state index in [1.54, 1.807) is 0 Å². The average molecular weight is 235 g/mol. The quantitative estimate of drug-likeness (QED) is 0.842.